The Morgan fingerprint density at radius 1 is 0.667 bits per heavy atom. The quantitative estimate of drug-likeness (QED) is 0.499. The second-order valence-electron chi connectivity index (χ2n) is 6.32. The highest BCUT2D eigenvalue weighted by molar-refractivity contribution is 6.09. The summed E-state index contributed by atoms with van der Waals surface area (Å²) in [6.45, 7) is 2.80. The maximum absolute atomic E-state index is 9.26. The van der Waals surface area contributed by atoms with Crippen molar-refractivity contribution in [3.05, 3.63) is 72.8 Å². The van der Waals surface area contributed by atoms with Crippen molar-refractivity contribution >= 4 is 21.5 Å². The zero-order valence-electron chi connectivity index (χ0n) is 15.3. The topological polar surface area (TPSA) is 38.7 Å². The molecule has 0 saturated carbocycles. The molecule has 4 rings (SSSR count). The largest absolute Gasteiger partial charge is 0.493 e. The average molecular weight is 358 g/mol. The van der Waals surface area contributed by atoms with Crippen LogP contribution >= 0.6 is 0 Å². The average Bonchev–Trinajstić information content (AvgIpc) is 2.72. The highest BCUT2D eigenvalue weighted by atomic mass is 16.5. The SMILES string of the molecule is CCOc1ccc2ccccc2c1-c1c(OCCO)ccc2ccccc12. The van der Waals surface area contributed by atoms with Gasteiger partial charge in [-0.15, -0.1) is 0 Å². The highest BCUT2D eigenvalue weighted by Crippen LogP contribution is 2.45. The Bertz CT molecular complexity index is 1090. The lowest BCUT2D eigenvalue weighted by molar-refractivity contribution is 0.202. The smallest absolute Gasteiger partial charge is 0.128 e. The first-order valence-corrected chi connectivity index (χ1v) is 9.24. The van der Waals surface area contributed by atoms with Gasteiger partial charge in [0, 0.05) is 11.1 Å². The van der Waals surface area contributed by atoms with Crippen molar-refractivity contribution in [3.8, 4) is 22.6 Å². The fraction of sp³-hybridized carbons (Fsp3) is 0.167. The summed E-state index contributed by atoms with van der Waals surface area (Å²) >= 11 is 0. The molecule has 0 atom stereocenters. The van der Waals surface area contributed by atoms with Crippen LogP contribution in [0.4, 0.5) is 0 Å². The third-order valence-electron chi connectivity index (χ3n) is 4.68. The van der Waals surface area contributed by atoms with Crippen molar-refractivity contribution in [2.45, 2.75) is 6.92 Å². The van der Waals surface area contributed by atoms with Gasteiger partial charge in [-0.05, 0) is 40.6 Å². The maximum atomic E-state index is 9.26. The van der Waals surface area contributed by atoms with Crippen LogP contribution in [0.1, 0.15) is 6.92 Å². The van der Waals surface area contributed by atoms with Crippen molar-refractivity contribution in [1.29, 1.82) is 0 Å². The van der Waals surface area contributed by atoms with Crippen LogP contribution < -0.4 is 9.47 Å². The first kappa shape index (κ1) is 17.4. The monoisotopic (exact) mass is 358 g/mol. The molecule has 4 aromatic carbocycles. The number of hydrogen-bond donors (Lipinski definition) is 1. The molecule has 0 fully saturated rings. The Balaban J connectivity index is 2.10. The van der Waals surface area contributed by atoms with Gasteiger partial charge >= 0.3 is 0 Å². The molecule has 0 aliphatic carbocycles. The molecule has 27 heavy (non-hydrogen) atoms. The Kier molecular flexibility index (Phi) is 4.95. The van der Waals surface area contributed by atoms with Crippen molar-refractivity contribution in [2.75, 3.05) is 19.8 Å². The maximum Gasteiger partial charge on any atom is 0.128 e. The van der Waals surface area contributed by atoms with Crippen LogP contribution in [0.5, 0.6) is 11.5 Å². The third-order valence-corrected chi connectivity index (χ3v) is 4.68. The number of aliphatic hydroxyl groups is 1. The van der Waals surface area contributed by atoms with E-state index in [4.69, 9.17) is 9.47 Å². The van der Waals surface area contributed by atoms with Crippen molar-refractivity contribution in [2.24, 2.45) is 0 Å². The molecule has 0 unspecified atom stereocenters. The summed E-state index contributed by atoms with van der Waals surface area (Å²) in [6, 6.07) is 24.7. The molecule has 3 heteroatoms. The van der Waals surface area contributed by atoms with Crippen LogP contribution in [0.2, 0.25) is 0 Å². The second-order valence-corrected chi connectivity index (χ2v) is 6.32. The molecule has 0 saturated heterocycles. The molecule has 0 spiro atoms. The van der Waals surface area contributed by atoms with E-state index in [1.165, 1.54) is 0 Å². The Hall–Kier alpha value is -3.04. The standard InChI is InChI=1S/C24H22O3/c1-2-26-21-13-11-17-7-3-5-9-19(17)23(21)24-20-10-6-4-8-18(20)12-14-22(24)27-16-15-25/h3-14,25H,2,15-16H2,1H3. The first-order chi connectivity index (χ1) is 13.3. The van der Waals surface area contributed by atoms with Gasteiger partial charge < -0.3 is 14.6 Å². The van der Waals surface area contributed by atoms with E-state index >= 15 is 0 Å². The van der Waals surface area contributed by atoms with Crippen LogP contribution in [0.15, 0.2) is 72.8 Å². The zero-order valence-corrected chi connectivity index (χ0v) is 15.3. The Morgan fingerprint density at radius 3 is 1.70 bits per heavy atom. The number of benzene rings is 4. The normalized spacial score (nSPS) is 11.0. The Labute approximate surface area is 158 Å². The first-order valence-electron chi connectivity index (χ1n) is 9.24. The molecule has 0 aliphatic rings. The minimum absolute atomic E-state index is 0.0277. The predicted molar refractivity (Wildman–Crippen MR) is 111 cm³/mol. The van der Waals surface area contributed by atoms with Crippen molar-refractivity contribution < 1.29 is 14.6 Å². The third kappa shape index (κ3) is 3.22. The molecule has 0 radical (unpaired) electrons. The van der Waals surface area contributed by atoms with E-state index in [-0.39, 0.29) is 13.2 Å². The minimum Gasteiger partial charge on any atom is -0.493 e. The van der Waals surface area contributed by atoms with E-state index in [0.717, 1.165) is 44.2 Å². The molecule has 0 heterocycles. The molecule has 136 valence electrons. The number of aliphatic hydroxyl groups excluding tert-OH is 1. The van der Waals surface area contributed by atoms with Gasteiger partial charge in [-0.3, -0.25) is 0 Å². The summed E-state index contributed by atoms with van der Waals surface area (Å²) in [7, 11) is 0. The van der Waals surface area contributed by atoms with Gasteiger partial charge in [-0.2, -0.15) is 0 Å². The summed E-state index contributed by atoms with van der Waals surface area (Å²) in [4.78, 5) is 0. The lowest BCUT2D eigenvalue weighted by Gasteiger charge is -2.19. The van der Waals surface area contributed by atoms with Gasteiger partial charge in [0.05, 0.1) is 13.2 Å². The fourth-order valence-electron chi connectivity index (χ4n) is 3.57. The fourth-order valence-corrected chi connectivity index (χ4v) is 3.57. The van der Waals surface area contributed by atoms with Gasteiger partial charge in [-0.1, -0.05) is 60.7 Å². The summed E-state index contributed by atoms with van der Waals surface area (Å²) in [6.07, 6.45) is 0. The summed E-state index contributed by atoms with van der Waals surface area (Å²) in [5.74, 6) is 1.58. The molecule has 4 aromatic rings. The van der Waals surface area contributed by atoms with Crippen LogP contribution in [0.3, 0.4) is 0 Å². The van der Waals surface area contributed by atoms with E-state index in [9.17, 15) is 5.11 Å². The van der Waals surface area contributed by atoms with E-state index < -0.39 is 0 Å². The molecule has 0 bridgehead atoms. The van der Waals surface area contributed by atoms with Gasteiger partial charge in [-0.25, -0.2) is 0 Å². The van der Waals surface area contributed by atoms with Gasteiger partial charge in [0.2, 0.25) is 0 Å². The van der Waals surface area contributed by atoms with Crippen molar-refractivity contribution in [1.82, 2.24) is 0 Å². The predicted octanol–water partition coefficient (Wildman–Crippen LogP) is 5.43. The van der Waals surface area contributed by atoms with E-state index in [0.29, 0.717) is 6.61 Å². The van der Waals surface area contributed by atoms with Gasteiger partial charge in [0.15, 0.2) is 0 Å². The highest BCUT2D eigenvalue weighted by Gasteiger charge is 2.18. The van der Waals surface area contributed by atoms with Crippen LogP contribution in [0, 0.1) is 0 Å². The Morgan fingerprint density at radius 2 is 1.19 bits per heavy atom. The zero-order chi connectivity index (χ0) is 18.6. The summed E-state index contributed by atoms with van der Waals surface area (Å²) in [5, 5.41) is 13.8. The minimum atomic E-state index is -0.0277. The van der Waals surface area contributed by atoms with Crippen molar-refractivity contribution in [3.63, 3.8) is 0 Å². The molecular weight excluding hydrogens is 336 g/mol. The van der Waals surface area contributed by atoms with E-state index in [1.807, 2.05) is 43.3 Å². The van der Waals surface area contributed by atoms with E-state index in [2.05, 4.69) is 36.4 Å². The summed E-state index contributed by atoms with van der Waals surface area (Å²) in [5.41, 5.74) is 2.03. The molecular formula is C24H22O3. The van der Waals surface area contributed by atoms with Crippen LogP contribution in [-0.2, 0) is 0 Å². The number of rotatable bonds is 6. The van der Waals surface area contributed by atoms with Gasteiger partial charge in [0.25, 0.3) is 0 Å². The number of fused-ring (bicyclic) bond motifs is 2. The van der Waals surface area contributed by atoms with Crippen LogP contribution in [0.25, 0.3) is 32.7 Å². The van der Waals surface area contributed by atoms with Gasteiger partial charge in [0.1, 0.15) is 18.1 Å². The molecule has 1 N–H and O–H groups in total. The van der Waals surface area contributed by atoms with Crippen LogP contribution in [-0.4, -0.2) is 24.9 Å². The molecule has 0 aliphatic heterocycles. The number of hydrogen-bond acceptors (Lipinski definition) is 3. The number of ether oxygens (including phenoxy) is 2. The molecule has 0 aromatic heterocycles. The molecule has 0 amide bonds. The lowest BCUT2D eigenvalue weighted by atomic mass is 9.92. The summed E-state index contributed by atoms with van der Waals surface area (Å²) < 4.78 is 11.9. The second kappa shape index (κ2) is 7.68. The lowest BCUT2D eigenvalue weighted by Crippen LogP contribution is -2.04. The molecule has 3 nitrogen and oxygen atoms in total. The van der Waals surface area contributed by atoms with E-state index in [1.54, 1.807) is 0 Å².